The van der Waals surface area contributed by atoms with Gasteiger partial charge in [-0.25, -0.2) is 0 Å². The van der Waals surface area contributed by atoms with Gasteiger partial charge in [-0.2, -0.15) is 0 Å². The van der Waals surface area contributed by atoms with Crippen LogP contribution in [0, 0.1) is 6.92 Å². The lowest BCUT2D eigenvalue weighted by atomic mass is 10.0. The molecule has 2 heteroatoms. The molecule has 0 radical (unpaired) electrons. The van der Waals surface area contributed by atoms with E-state index >= 15 is 0 Å². The standard InChI is InChI=1S/C29H29NO/c1-3-4-23-7-11-25(12-8-23)26-13-19-29(20-14-26)30(27-15-5-22(2)6-16-27)28-17-9-24(21-31)10-18-28/h5-20,31H,3-4,21H2,1-2H3. The van der Waals surface area contributed by atoms with Crippen LogP contribution in [0.15, 0.2) is 97.1 Å². The molecule has 0 saturated heterocycles. The van der Waals surface area contributed by atoms with Gasteiger partial charge in [0.15, 0.2) is 0 Å². The maximum Gasteiger partial charge on any atom is 0.0681 e. The normalized spacial score (nSPS) is 10.8. The second-order valence-corrected chi connectivity index (χ2v) is 7.99. The van der Waals surface area contributed by atoms with Crippen molar-refractivity contribution in [3.05, 3.63) is 114 Å². The zero-order valence-electron chi connectivity index (χ0n) is 18.3. The fourth-order valence-corrected chi connectivity index (χ4v) is 3.85. The molecule has 0 aliphatic heterocycles. The van der Waals surface area contributed by atoms with E-state index in [2.05, 4.69) is 104 Å². The van der Waals surface area contributed by atoms with Crippen molar-refractivity contribution in [2.24, 2.45) is 0 Å². The van der Waals surface area contributed by atoms with Crippen LogP contribution >= 0.6 is 0 Å². The van der Waals surface area contributed by atoms with Gasteiger partial charge in [-0.05, 0) is 72.0 Å². The number of nitrogens with zero attached hydrogens (tertiary/aromatic N) is 1. The fraction of sp³-hybridized carbons (Fsp3) is 0.172. The predicted molar refractivity (Wildman–Crippen MR) is 131 cm³/mol. The van der Waals surface area contributed by atoms with E-state index in [-0.39, 0.29) is 6.61 Å². The van der Waals surface area contributed by atoms with Crippen molar-refractivity contribution in [2.75, 3.05) is 4.90 Å². The third-order valence-electron chi connectivity index (χ3n) is 5.62. The van der Waals surface area contributed by atoms with Crippen LogP contribution in [0.1, 0.15) is 30.0 Å². The Morgan fingerprint density at radius 2 is 1.00 bits per heavy atom. The van der Waals surface area contributed by atoms with E-state index in [0.29, 0.717) is 0 Å². The summed E-state index contributed by atoms with van der Waals surface area (Å²) in [7, 11) is 0. The molecule has 0 aliphatic carbocycles. The highest BCUT2D eigenvalue weighted by Crippen LogP contribution is 2.35. The number of anilines is 3. The molecule has 1 N–H and O–H groups in total. The number of aliphatic hydroxyl groups excluding tert-OH is 1. The first kappa shape index (κ1) is 20.9. The van der Waals surface area contributed by atoms with Gasteiger partial charge in [-0.1, -0.05) is 79.6 Å². The number of hydrogen-bond donors (Lipinski definition) is 1. The third-order valence-corrected chi connectivity index (χ3v) is 5.62. The Morgan fingerprint density at radius 1 is 0.581 bits per heavy atom. The summed E-state index contributed by atoms with van der Waals surface area (Å²) in [5.41, 5.74) is 9.27. The monoisotopic (exact) mass is 407 g/mol. The van der Waals surface area contributed by atoms with Crippen LogP contribution in [-0.2, 0) is 13.0 Å². The average molecular weight is 408 g/mol. The van der Waals surface area contributed by atoms with Crippen LogP contribution in [0.5, 0.6) is 0 Å². The van der Waals surface area contributed by atoms with E-state index in [1.54, 1.807) is 0 Å². The zero-order valence-corrected chi connectivity index (χ0v) is 18.3. The maximum atomic E-state index is 9.40. The second-order valence-electron chi connectivity index (χ2n) is 7.99. The van der Waals surface area contributed by atoms with Crippen molar-refractivity contribution in [3.63, 3.8) is 0 Å². The highest BCUT2D eigenvalue weighted by atomic mass is 16.3. The number of benzene rings is 4. The molecule has 0 spiro atoms. The molecule has 4 aromatic carbocycles. The molecule has 0 aliphatic rings. The van der Waals surface area contributed by atoms with Gasteiger partial charge in [-0.3, -0.25) is 0 Å². The Kier molecular flexibility index (Phi) is 6.49. The lowest BCUT2D eigenvalue weighted by molar-refractivity contribution is 0.282. The molecule has 0 bridgehead atoms. The van der Waals surface area contributed by atoms with Crippen molar-refractivity contribution < 1.29 is 5.11 Å². The van der Waals surface area contributed by atoms with Gasteiger partial charge in [0.2, 0.25) is 0 Å². The van der Waals surface area contributed by atoms with Crippen molar-refractivity contribution in [2.45, 2.75) is 33.3 Å². The van der Waals surface area contributed by atoms with Crippen molar-refractivity contribution in [1.82, 2.24) is 0 Å². The summed E-state index contributed by atoms with van der Waals surface area (Å²) in [6.45, 7) is 4.37. The summed E-state index contributed by atoms with van der Waals surface area (Å²) in [6.07, 6.45) is 2.29. The first-order valence-corrected chi connectivity index (χ1v) is 10.9. The van der Waals surface area contributed by atoms with Gasteiger partial charge in [0.1, 0.15) is 0 Å². The minimum Gasteiger partial charge on any atom is -0.392 e. The molecule has 0 saturated carbocycles. The molecular formula is C29H29NO. The lowest BCUT2D eigenvalue weighted by Gasteiger charge is -2.26. The largest absolute Gasteiger partial charge is 0.392 e. The van der Waals surface area contributed by atoms with Crippen LogP contribution in [0.25, 0.3) is 11.1 Å². The van der Waals surface area contributed by atoms with E-state index in [9.17, 15) is 5.11 Å². The van der Waals surface area contributed by atoms with E-state index in [1.165, 1.54) is 28.7 Å². The van der Waals surface area contributed by atoms with Crippen LogP contribution in [0.4, 0.5) is 17.1 Å². The van der Waals surface area contributed by atoms with Gasteiger partial charge < -0.3 is 10.0 Å². The fourth-order valence-electron chi connectivity index (χ4n) is 3.85. The number of rotatable bonds is 7. The Balaban J connectivity index is 1.68. The lowest BCUT2D eigenvalue weighted by Crippen LogP contribution is -2.10. The smallest absolute Gasteiger partial charge is 0.0681 e. The Labute approximate surface area is 185 Å². The highest BCUT2D eigenvalue weighted by Gasteiger charge is 2.12. The Bertz CT molecular complexity index is 1100. The molecule has 0 fully saturated rings. The van der Waals surface area contributed by atoms with Crippen molar-refractivity contribution >= 4 is 17.1 Å². The quantitative estimate of drug-likeness (QED) is 0.341. The van der Waals surface area contributed by atoms with Gasteiger partial charge in [0, 0.05) is 17.1 Å². The predicted octanol–water partition coefficient (Wildman–Crippen LogP) is 7.58. The molecule has 156 valence electrons. The van der Waals surface area contributed by atoms with Gasteiger partial charge >= 0.3 is 0 Å². The summed E-state index contributed by atoms with van der Waals surface area (Å²) in [5.74, 6) is 0. The molecule has 2 nitrogen and oxygen atoms in total. The van der Waals surface area contributed by atoms with Crippen LogP contribution in [-0.4, -0.2) is 5.11 Å². The third kappa shape index (κ3) is 4.87. The van der Waals surface area contributed by atoms with Gasteiger partial charge in [-0.15, -0.1) is 0 Å². The molecule has 0 heterocycles. The van der Waals surface area contributed by atoms with Crippen molar-refractivity contribution in [3.8, 4) is 11.1 Å². The number of aliphatic hydroxyl groups is 1. The van der Waals surface area contributed by atoms with Crippen molar-refractivity contribution in [1.29, 1.82) is 0 Å². The summed E-state index contributed by atoms with van der Waals surface area (Å²) >= 11 is 0. The van der Waals surface area contributed by atoms with E-state index in [0.717, 1.165) is 29.0 Å². The molecular weight excluding hydrogens is 378 g/mol. The molecule has 4 aromatic rings. The molecule has 0 atom stereocenters. The molecule has 0 unspecified atom stereocenters. The minimum absolute atomic E-state index is 0.0521. The zero-order chi connectivity index (χ0) is 21.6. The van der Waals surface area contributed by atoms with Gasteiger partial charge in [0.05, 0.1) is 6.61 Å². The molecule has 31 heavy (non-hydrogen) atoms. The average Bonchev–Trinajstić information content (AvgIpc) is 2.82. The Hall–Kier alpha value is -3.36. The SMILES string of the molecule is CCCc1ccc(-c2ccc(N(c3ccc(C)cc3)c3ccc(CO)cc3)cc2)cc1. The summed E-state index contributed by atoms with van der Waals surface area (Å²) in [5, 5.41) is 9.40. The number of aryl methyl sites for hydroxylation is 2. The Morgan fingerprint density at radius 3 is 1.48 bits per heavy atom. The topological polar surface area (TPSA) is 23.5 Å². The summed E-state index contributed by atoms with van der Waals surface area (Å²) in [6, 6.07) is 34.3. The number of hydrogen-bond acceptors (Lipinski definition) is 2. The second kappa shape index (κ2) is 9.63. The minimum atomic E-state index is 0.0521. The molecule has 0 aromatic heterocycles. The van der Waals surface area contributed by atoms with E-state index in [4.69, 9.17) is 0 Å². The first-order chi connectivity index (χ1) is 15.2. The van der Waals surface area contributed by atoms with E-state index < -0.39 is 0 Å². The van der Waals surface area contributed by atoms with E-state index in [1.807, 2.05) is 12.1 Å². The summed E-state index contributed by atoms with van der Waals surface area (Å²) in [4.78, 5) is 2.24. The molecule has 0 amide bonds. The van der Waals surface area contributed by atoms with Crippen LogP contribution in [0.3, 0.4) is 0 Å². The van der Waals surface area contributed by atoms with Gasteiger partial charge in [0.25, 0.3) is 0 Å². The maximum absolute atomic E-state index is 9.40. The highest BCUT2D eigenvalue weighted by molar-refractivity contribution is 5.78. The van der Waals surface area contributed by atoms with Crippen LogP contribution in [0.2, 0.25) is 0 Å². The van der Waals surface area contributed by atoms with Crippen LogP contribution < -0.4 is 4.90 Å². The summed E-state index contributed by atoms with van der Waals surface area (Å²) < 4.78 is 0. The first-order valence-electron chi connectivity index (χ1n) is 10.9. The molecule has 4 rings (SSSR count).